The molecule has 2 aromatic rings. The minimum Gasteiger partial charge on any atom is -0.347 e. The molecule has 2 saturated heterocycles. The van der Waals surface area contributed by atoms with Gasteiger partial charge in [0.1, 0.15) is 5.92 Å². The van der Waals surface area contributed by atoms with E-state index in [4.69, 9.17) is 9.47 Å². The molecule has 1 unspecified atom stereocenters. The Morgan fingerprint density at radius 3 is 2.42 bits per heavy atom. The van der Waals surface area contributed by atoms with Crippen molar-refractivity contribution in [2.45, 2.75) is 31.5 Å². The lowest BCUT2D eigenvalue weighted by Gasteiger charge is -2.39. The van der Waals surface area contributed by atoms with E-state index >= 15 is 0 Å². The van der Waals surface area contributed by atoms with Crippen LogP contribution in [0.3, 0.4) is 0 Å². The second-order valence-electron chi connectivity index (χ2n) is 6.98. The summed E-state index contributed by atoms with van der Waals surface area (Å²) >= 11 is 0. The number of carbonyl (C=O) groups excluding carboxylic acids is 1. The molecule has 5 heteroatoms. The molecule has 4 rings (SSSR count). The van der Waals surface area contributed by atoms with Gasteiger partial charge in [-0.15, -0.1) is 0 Å². The van der Waals surface area contributed by atoms with Crippen LogP contribution in [0.15, 0.2) is 48.7 Å². The standard InChI is InChI=1S/C21H24N2O3/c1-16-6-2-3-7-17(16)19(18-8-4-5-11-22-18)20(24)23-12-9-21(10-13-23)25-14-15-26-21/h2-8,11,19H,9-10,12-15H2,1H3. The molecule has 0 N–H and O–H groups in total. The maximum Gasteiger partial charge on any atom is 0.236 e. The summed E-state index contributed by atoms with van der Waals surface area (Å²) in [5, 5.41) is 0. The molecule has 1 amide bonds. The number of hydrogen-bond acceptors (Lipinski definition) is 4. The van der Waals surface area contributed by atoms with Crippen LogP contribution in [0.25, 0.3) is 0 Å². The summed E-state index contributed by atoms with van der Waals surface area (Å²) in [4.78, 5) is 19.9. The van der Waals surface area contributed by atoms with E-state index < -0.39 is 5.79 Å². The number of hydrogen-bond donors (Lipinski definition) is 0. The van der Waals surface area contributed by atoms with Crippen LogP contribution in [-0.2, 0) is 14.3 Å². The van der Waals surface area contributed by atoms with Crippen LogP contribution >= 0.6 is 0 Å². The van der Waals surface area contributed by atoms with Crippen LogP contribution in [0.2, 0.25) is 0 Å². The zero-order valence-electron chi connectivity index (χ0n) is 15.1. The molecular formula is C21H24N2O3. The van der Waals surface area contributed by atoms with Gasteiger partial charge in [-0.25, -0.2) is 0 Å². The Morgan fingerprint density at radius 1 is 1.08 bits per heavy atom. The average Bonchev–Trinajstić information content (AvgIpc) is 3.13. The van der Waals surface area contributed by atoms with Gasteiger partial charge in [-0.3, -0.25) is 9.78 Å². The number of amides is 1. The van der Waals surface area contributed by atoms with Crippen molar-refractivity contribution in [2.75, 3.05) is 26.3 Å². The fourth-order valence-corrected chi connectivity index (χ4v) is 3.91. The topological polar surface area (TPSA) is 51.7 Å². The largest absolute Gasteiger partial charge is 0.347 e. The van der Waals surface area contributed by atoms with Gasteiger partial charge in [0.2, 0.25) is 5.91 Å². The van der Waals surface area contributed by atoms with Gasteiger partial charge in [0, 0.05) is 32.1 Å². The fraction of sp³-hybridized carbons (Fsp3) is 0.429. The molecule has 0 aliphatic carbocycles. The van der Waals surface area contributed by atoms with Crippen LogP contribution < -0.4 is 0 Å². The molecule has 0 saturated carbocycles. The number of aryl methyl sites for hydroxylation is 1. The second kappa shape index (κ2) is 7.17. The summed E-state index contributed by atoms with van der Waals surface area (Å²) in [6.45, 7) is 4.63. The molecule has 2 aliphatic rings. The first-order valence-corrected chi connectivity index (χ1v) is 9.22. The molecule has 26 heavy (non-hydrogen) atoms. The van der Waals surface area contributed by atoms with Crippen molar-refractivity contribution >= 4 is 5.91 Å². The van der Waals surface area contributed by atoms with E-state index in [1.54, 1.807) is 6.20 Å². The molecule has 5 nitrogen and oxygen atoms in total. The van der Waals surface area contributed by atoms with E-state index in [1.165, 1.54) is 0 Å². The third-order valence-electron chi connectivity index (χ3n) is 5.38. The predicted octanol–water partition coefficient (Wildman–Crippen LogP) is 2.89. The van der Waals surface area contributed by atoms with Crippen molar-refractivity contribution in [3.8, 4) is 0 Å². The maximum atomic E-state index is 13.5. The van der Waals surface area contributed by atoms with Crippen molar-refractivity contribution < 1.29 is 14.3 Å². The highest BCUT2D eigenvalue weighted by molar-refractivity contribution is 5.87. The Kier molecular flexibility index (Phi) is 4.74. The number of carbonyl (C=O) groups is 1. The van der Waals surface area contributed by atoms with Crippen LogP contribution in [0.1, 0.15) is 35.6 Å². The summed E-state index contributed by atoms with van der Waals surface area (Å²) in [5.41, 5.74) is 2.91. The van der Waals surface area contributed by atoms with Gasteiger partial charge < -0.3 is 14.4 Å². The molecular weight excluding hydrogens is 328 g/mol. The Bertz CT molecular complexity index is 762. The zero-order valence-corrected chi connectivity index (χ0v) is 15.1. The normalized spacial score (nSPS) is 20.3. The number of aromatic nitrogens is 1. The molecule has 2 aliphatic heterocycles. The van der Waals surface area contributed by atoms with E-state index in [0.29, 0.717) is 26.3 Å². The van der Waals surface area contributed by atoms with Crippen molar-refractivity contribution in [2.24, 2.45) is 0 Å². The van der Waals surface area contributed by atoms with Crippen LogP contribution in [0.4, 0.5) is 0 Å². The molecule has 1 aromatic carbocycles. The lowest BCUT2D eigenvalue weighted by atomic mass is 9.89. The number of rotatable bonds is 3. The van der Waals surface area contributed by atoms with E-state index in [0.717, 1.165) is 29.7 Å². The highest BCUT2D eigenvalue weighted by Gasteiger charge is 2.42. The van der Waals surface area contributed by atoms with Gasteiger partial charge in [0.25, 0.3) is 0 Å². The Labute approximate surface area is 153 Å². The quantitative estimate of drug-likeness (QED) is 0.852. The Hall–Kier alpha value is -2.24. The van der Waals surface area contributed by atoms with Gasteiger partial charge >= 0.3 is 0 Å². The minimum atomic E-state index is -0.472. The first-order chi connectivity index (χ1) is 12.7. The average molecular weight is 352 g/mol. The van der Waals surface area contributed by atoms with Gasteiger partial charge in [0.05, 0.1) is 18.9 Å². The first-order valence-electron chi connectivity index (χ1n) is 9.22. The highest BCUT2D eigenvalue weighted by atomic mass is 16.7. The minimum absolute atomic E-state index is 0.103. The number of pyridine rings is 1. The van der Waals surface area contributed by atoms with Crippen LogP contribution in [-0.4, -0.2) is 47.9 Å². The Balaban J connectivity index is 1.60. The molecule has 1 spiro atoms. The molecule has 0 bridgehead atoms. The zero-order chi connectivity index (χ0) is 18.0. The van der Waals surface area contributed by atoms with Crippen LogP contribution in [0.5, 0.6) is 0 Å². The lowest BCUT2D eigenvalue weighted by molar-refractivity contribution is -0.187. The van der Waals surface area contributed by atoms with E-state index in [2.05, 4.69) is 4.98 Å². The molecule has 2 fully saturated rings. The van der Waals surface area contributed by atoms with Crippen molar-refractivity contribution in [3.63, 3.8) is 0 Å². The molecule has 1 atom stereocenters. The van der Waals surface area contributed by atoms with Gasteiger partial charge in [0.15, 0.2) is 5.79 Å². The Morgan fingerprint density at radius 2 is 1.77 bits per heavy atom. The molecule has 0 radical (unpaired) electrons. The summed E-state index contributed by atoms with van der Waals surface area (Å²) in [6, 6.07) is 13.8. The van der Waals surface area contributed by atoms with Crippen molar-refractivity contribution in [1.82, 2.24) is 9.88 Å². The third-order valence-corrected chi connectivity index (χ3v) is 5.38. The van der Waals surface area contributed by atoms with Gasteiger partial charge in [-0.05, 0) is 30.2 Å². The number of benzene rings is 1. The molecule has 136 valence electrons. The number of ether oxygens (including phenoxy) is 2. The third kappa shape index (κ3) is 3.24. The smallest absolute Gasteiger partial charge is 0.236 e. The predicted molar refractivity (Wildman–Crippen MR) is 97.7 cm³/mol. The maximum absolute atomic E-state index is 13.5. The summed E-state index contributed by atoms with van der Waals surface area (Å²) in [7, 11) is 0. The van der Waals surface area contributed by atoms with Crippen LogP contribution in [0, 0.1) is 6.92 Å². The summed E-state index contributed by atoms with van der Waals surface area (Å²) in [6.07, 6.45) is 3.20. The van der Waals surface area contributed by atoms with Crippen molar-refractivity contribution in [1.29, 1.82) is 0 Å². The SMILES string of the molecule is Cc1ccccc1C(C(=O)N1CCC2(CC1)OCCO2)c1ccccn1. The summed E-state index contributed by atoms with van der Waals surface area (Å²) < 4.78 is 11.6. The molecule has 1 aromatic heterocycles. The number of likely N-dealkylation sites (tertiary alicyclic amines) is 1. The van der Waals surface area contributed by atoms with E-state index in [1.807, 2.05) is 54.3 Å². The molecule has 3 heterocycles. The van der Waals surface area contributed by atoms with Gasteiger partial charge in [-0.1, -0.05) is 30.3 Å². The first kappa shape index (κ1) is 17.2. The fourth-order valence-electron chi connectivity index (χ4n) is 3.91. The second-order valence-corrected chi connectivity index (χ2v) is 6.98. The van der Waals surface area contributed by atoms with E-state index in [9.17, 15) is 4.79 Å². The highest BCUT2D eigenvalue weighted by Crippen LogP contribution is 2.34. The number of piperidine rings is 1. The van der Waals surface area contributed by atoms with E-state index in [-0.39, 0.29) is 11.8 Å². The number of nitrogens with zero attached hydrogens (tertiary/aromatic N) is 2. The monoisotopic (exact) mass is 352 g/mol. The summed E-state index contributed by atoms with van der Waals surface area (Å²) in [5.74, 6) is -0.748. The van der Waals surface area contributed by atoms with Gasteiger partial charge in [-0.2, -0.15) is 0 Å². The van der Waals surface area contributed by atoms with Crippen molar-refractivity contribution in [3.05, 3.63) is 65.5 Å². The lowest BCUT2D eigenvalue weighted by Crippen LogP contribution is -2.48.